The minimum atomic E-state index is -0.722. The van der Waals surface area contributed by atoms with Gasteiger partial charge in [-0.25, -0.2) is 0 Å². The van der Waals surface area contributed by atoms with Gasteiger partial charge in [0.1, 0.15) is 5.72 Å². The lowest BCUT2D eigenvalue weighted by Crippen LogP contribution is -2.65. The van der Waals surface area contributed by atoms with E-state index >= 15 is 0 Å². The van der Waals surface area contributed by atoms with Crippen molar-refractivity contribution in [1.82, 2.24) is 10.2 Å². The molecule has 0 aromatic rings. The van der Waals surface area contributed by atoms with Crippen molar-refractivity contribution >= 4 is 5.91 Å². The van der Waals surface area contributed by atoms with Gasteiger partial charge in [0.05, 0.1) is 19.3 Å². The molecule has 0 aliphatic carbocycles. The number of piperidine rings is 1. The zero-order valence-corrected chi connectivity index (χ0v) is 22.6. The van der Waals surface area contributed by atoms with Gasteiger partial charge in [0.15, 0.2) is 5.60 Å². The molecule has 3 fully saturated rings. The van der Waals surface area contributed by atoms with Crippen molar-refractivity contribution < 1.29 is 14.3 Å². The first-order valence-electron chi connectivity index (χ1n) is 14.0. The average molecular weight is 465 g/mol. The van der Waals surface area contributed by atoms with Crippen LogP contribution in [0.3, 0.4) is 0 Å². The Hall–Kier alpha value is -0.650. The van der Waals surface area contributed by atoms with Crippen LogP contribution in [0.5, 0.6) is 0 Å². The van der Waals surface area contributed by atoms with Gasteiger partial charge in [0, 0.05) is 23.9 Å². The van der Waals surface area contributed by atoms with Crippen LogP contribution in [-0.2, 0) is 14.3 Å². The van der Waals surface area contributed by atoms with E-state index in [1.807, 2.05) is 0 Å². The van der Waals surface area contributed by atoms with Gasteiger partial charge in [-0.1, -0.05) is 65.2 Å². The van der Waals surface area contributed by atoms with Gasteiger partial charge in [-0.3, -0.25) is 4.79 Å². The fourth-order valence-electron chi connectivity index (χ4n) is 6.74. The molecule has 5 heteroatoms. The minimum Gasteiger partial charge on any atom is -0.371 e. The Balaban J connectivity index is 1.85. The van der Waals surface area contributed by atoms with Gasteiger partial charge < -0.3 is 19.7 Å². The van der Waals surface area contributed by atoms with Crippen molar-refractivity contribution in [3.05, 3.63) is 0 Å². The maximum absolute atomic E-state index is 14.2. The molecule has 0 aromatic heterocycles. The summed E-state index contributed by atoms with van der Waals surface area (Å²) < 4.78 is 12.8. The summed E-state index contributed by atoms with van der Waals surface area (Å²) >= 11 is 0. The summed E-state index contributed by atoms with van der Waals surface area (Å²) in [6.07, 6.45) is 15.9. The number of epoxide rings is 1. The van der Waals surface area contributed by atoms with E-state index in [0.29, 0.717) is 6.54 Å². The maximum Gasteiger partial charge on any atom is 0.257 e. The van der Waals surface area contributed by atoms with Crippen LogP contribution >= 0.6 is 0 Å². The van der Waals surface area contributed by atoms with Crippen molar-refractivity contribution in [3.8, 4) is 0 Å². The van der Waals surface area contributed by atoms with Gasteiger partial charge in [-0.2, -0.15) is 0 Å². The molecule has 5 nitrogen and oxygen atoms in total. The quantitative estimate of drug-likeness (QED) is 0.241. The molecule has 1 N–H and O–H groups in total. The standard InChI is InChI=1S/C28H52N2O3/c1-7-9-11-13-15-17-28(18-16-14-12-10-8-2)30(19-23-20-32-23)24(31)27(33-28)21-25(3,4)29-26(5,6)22-27/h23,29H,7-22H2,1-6H3. The topological polar surface area (TPSA) is 54.1 Å². The van der Waals surface area contributed by atoms with E-state index in [-0.39, 0.29) is 23.1 Å². The van der Waals surface area contributed by atoms with Gasteiger partial charge >= 0.3 is 0 Å². The first-order chi connectivity index (χ1) is 15.6. The highest BCUT2D eigenvalue weighted by atomic mass is 16.6. The Labute approximate surface area is 203 Å². The lowest BCUT2D eigenvalue weighted by molar-refractivity contribution is -0.177. The predicted octanol–water partition coefficient (Wildman–Crippen LogP) is 6.34. The first-order valence-corrected chi connectivity index (χ1v) is 14.0. The maximum atomic E-state index is 14.2. The predicted molar refractivity (Wildman–Crippen MR) is 135 cm³/mol. The molecule has 192 valence electrons. The molecule has 33 heavy (non-hydrogen) atoms. The summed E-state index contributed by atoms with van der Waals surface area (Å²) in [6.45, 7) is 14.9. The van der Waals surface area contributed by atoms with Gasteiger partial charge in [-0.15, -0.1) is 0 Å². The number of rotatable bonds is 14. The Kier molecular flexibility index (Phi) is 8.94. The molecule has 1 atom stereocenters. The van der Waals surface area contributed by atoms with Crippen molar-refractivity contribution in [2.24, 2.45) is 0 Å². The number of amides is 1. The van der Waals surface area contributed by atoms with Crippen LogP contribution in [0.4, 0.5) is 0 Å². The number of carbonyl (C=O) groups excluding carboxylic acids is 1. The zero-order chi connectivity index (χ0) is 24.2. The second-order valence-corrected chi connectivity index (χ2v) is 12.5. The summed E-state index contributed by atoms with van der Waals surface area (Å²) in [4.78, 5) is 16.4. The molecule has 0 aromatic carbocycles. The molecule has 3 heterocycles. The monoisotopic (exact) mass is 464 g/mol. The smallest absolute Gasteiger partial charge is 0.257 e. The van der Waals surface area contributed by atoms with E-state index < -0.39 is 11.3 Å². The zero-order valence-electron chi connectivity index (χ0n) is 22.6. The van der Waals surface area contributed by atoms with E-state index in [9.17, 15) is 4.79 Å². The fourth-order valence-corrected chi connectivity index (χ4v) is 6.74. The number of unbranched alkanes of at least 4 members (excludes halogenated alkanes) is 8. The van der Waals surface area contributed by atoms with Crippen molar-refractivity contribution in [2.45, 2.75) is 160 Å². The Bertz CT molecular complexity index is 611. The summed E-state index contributed by atoms with van der Waals surface area (Å²) in [5.41, 5.74) is -1.47. The number of ether oxygens (including phenoxy) is 2. The molecule has 3 rings (SSSR count). The Morgan fingerprint density at radius 2 is 1.33 bits per heavy atom. The molecule has 3 aliphatic rings. The lowest BCUT2D eigenvalue weighted by Gasteiger charge is -2.50. The van der Waals surface area contributed by atoms with Gasteiger partial charge in [0.25, 0.3) is 5.91 Å². The summed E-state index contributed by atoms with van der Waals surface area (Å²) in [6, 6.07) is 0. The van der Waals surface area contributed by atoms with Crippen LogP contribution in [0.25, 0.3) is 0 Å². The SMILES string of the molecule is CCCCCCCC1(CCCCCCC)OC2(CC(C)(C)NC(C)(C)C2)C(=O)N1CC1CO1. The Morgan fingerprint density at radius 3 is 1.79 bits per heavy atom. The number of nitrogens with zero attached hydrogens (tertiary/aromatic N) is 1. The van der Waals surface area contributed by atoms with Crippen LogP contribution < -0.4 is 5.32 Å². The molecule has 0 saturated carbocycles. The highest BCUT2D eigenvalue weighted by Crippen LogP contribution is 2.51. The van der Waals surface area contributed by atoms with Crippen LogP contribution in [0.15, 0.2) is 0 Å². The normalized spacial score (nSPS) is 26.8. The minimum absolute atomic E-state index is 0.141. The first kappa shape index (κ1) is 26.9. The second kappa shape index (κ2) is 11.0. The van der Waals surface area contributed by atoms with Crippen LogP contribution in [0, 0.1) is 0 Å². The third-order valence-corrected chi connectivity index (χ3v) is 7.77. The van der Waals surface area contributed by atoms with Crippen LogP contribution in [0.1, 0.15) is 131 Å². The van der Waals surface area contributed by atoms with E-state index in [0.717, 1.165) is 45.1 Å². The number of hydrogen-bond acceptors (Lipinski definition) is 4. The third-order valence-electron chi connectivity index (χ3n) is 7.77. The highest BCUT2D eigenvalue weighted by molar-refractivity contribution is 5.88. The van der Waals surface area contributed by atoms with E-state index in [4.69, 9.17) is 9.47 Å². The number of hydrogen-bond donors (Lipinski definition) is 1. The van der Waals surface area contributed by atoms with Crippen molar-refractivity contribution in [1.29, 1.82) is 0 Å². The third kappa shape index (κ3) is 6.95. The summed E-state index contributed by atoms with van der Waals surface area (Å²) in [5.74, 6) is 0.225. The van der Waals surface area contributed by atoms with Crippen molar-refractivity contribution in [2.75, 3.05) is 13.2 Å². The number of nitrogens with one attached hydrogen (secondary N) is 1. The molecular formula is C28H52N2O3. The van der Waals surface area contributed by atoms with Crippen molar-refractivity contribution in [3.63, 3.8) is 0 Å². The molecule has 0 bridgehead atoms. The van der Waals surface area contributed by atoms with Crippen LogP contribution in [-0.4, -0.2) is 52.5 Å². The number of carbonyl (C=O) groups is 1. The molecule has 1 amide bonds. The second-order valence-electron chi connectivity index (χ2n) is 12.5. The molecule has 1 unspecified atom stereocenters. The Morgan fingerprint density at radius 1 is 0.848 bits per heavy atom. The summed E-state index contributed by atoms with van der Waals surface area (Å²) in [7, 11) is 0. The van der Waals surface area contributed by atoms with Gasteiger partial charge in [0.2, 0.25) is 0 Å². The average Bonchev–Trinajstić information content (AvgIpc) is 3.49. The van der Waals surface area contributed by atoms with E-state index in [1.54, 1.807) is 0 Å². The molecule has 1 spiro atoms. The van der Waals surface area contributed by atoms with Gasteiger partial charge in [-0.05, 0) is 53.4 Å². The summed E-state index contributed by atoms with van der Waals surface area (Å²) in [5, 5.41) is 3.76. The largest absolute Gasteiger partial charge is 0.371 e. The fraction of sp³-hybridized carbons (Fsp3) is 0.964. The molecule has 3 saturated heterocycles. The molecule has 3 aliphatic heterocycles. The highest BCUT2D eigenvalue weighted by Gasteiger charge is 2.64. The van der Waals surface area contributed by atoms with E-state index in [2.05, 4.69) is 51.8 Å². The lowest BCUT2D eigenvalue weighted by atomic mass is 9.72. The molecule has 0 radical (unpaired) electrons. The van der Waals surface area contributed by atoms with Crippen LogP contribution in [0.2, 0.25) is 0 Å². The van der Waals surface area contributed by atoms with E-state index in [1.165, 1.54) is 51.4 Å². The molecular weight excluding hydrogens is 412 g/mol.